The molecule has 1 aliphatic rings. The lowest BCUT2D eigenvalue weighted by atomic mass is 10.0. The standard InChI is InChI=1S/C9H10BrNO2/c10-5-3-6(9(11)1-2-9)8(13)7(12)4-5/h3-4,12-13H,1-2,11H2. The molecule has 0 saturated heterocycles. The summed E-state index contributed by atoms with van der Waals surface area (Å²) >= 11 is 3.24. The third-order valence-corrected chi connectivity index (χ3v) is 2.84. The van der Waals surface area contributed by atoms with Gasteiger partial charge in [-0.15, -0.1) is 0 Å². The third kappa shape index (κ3) is 1.40. The van der Waals surface area contributed by atoms with Gasteiger partial charge in [0.05, 0.1) is 0 Å². The van der Waals surface area contributed by atoms with Crippen LogP contribution in [0.25, 0.3) is 0 Å². The van der Waals surface area contributed by atoms with Crippen molar-refractivity contribution in [2.24, 2.45) is 5.73 Å². The molecule has 4 heteroatoms. The highest BCUT2D eigenvalue weighted by Crippen LogP contribution is 2.49. The van der Waals surface area contributed by atoms with E-state index in [1.165, 1.54) is 6.07 Å². The van der Waals surface area contributed by atoms with Crippen molar-refractivity contribution in [3.8, 4) is 11.5 Å². The van der Waals surface area contributed by atoms with E-state index in [-0.39, 0.29) is 11.5 Å². The average Bonchev–Trinajstić information content (AvgIpc) is 2.77. The molecule has 0 spiro atoms. The van der Waals surface area contributed by atoms with Crippen LogP contribution in [0.4, 0.5) is 0 Å². The van der Waals surface area contributed by atoms with Crippen LogP contribution in [0, 0.1) is 0 Å². The summed E-state index contributed by atoms with van der Waals surface area (Å²) in [6.45, 7) is 0. The summed E-state index contributed by atoms with van der Waals surface area (Å²) in [5, 5.41) is 18.9. The summed E-state index contributed by atoms with van der Waals surface area (Å²) in [5.74, 6) is -0.218. The lowest BCUT2D eigenvalue weighted by Crippen LogP contribution is -2.18. The Morgan fingerprint density at radius 3 is 2.46 bits per heavy atom. The maximum atomic E-state index is 9.55. The van der Waals surface area contributed by atoms with Gasteiger partial charge in [0.1, 0.15) is 0 Å². The SMILES string of the molecule is NC1(c2cc(Br)cc(O)c2O)CC1. The molecule has 0 bridgehead atoms. The van der Waals surface area contributed by atoms with Crippen LogP contribution in [-0.4, -0.2) is 10.2 Å². The summed E-state index contributed by atoms with van der Waals surface area (Å²) in [5.41, 5.74) is 6.11. The fraction of sp³-hybridized carbons (Fsp3) is 0.333. The van der Waals surface area contributed by atoms with Crippen molar-refractivity contribution >= 4 is 15.9 Å². The van der Waals surface area contributed by atoms with E-state index in [0.29, 0.717) is 5.56 Å². The molecule has 1 saturated carbocycles. The van der Waals surface area contributed by atoms with Crippen molar-refractivity contribution in [3.05, 3.63) is 22.2 Å². The predicted octanol–water partition coefficient (Wildman–Crippen LogP) is 1.81. The molecule has 2 rings (SSSR count). The second-order valence-corrected chi connectivity index (χ2v) is 4.39. The minimum Gasteiger partial charge on any atom is -0.504 e. The van der Waals surface area contributed by atoms with E-state index in [2.05, 4.69) is 15.9 Å². The summed E-state index contributed by atoms with van der Waals surface area (Å²) in [7, 11) is 0. The zero-order valence-electron chi connectivity index (χ0n) is 6.92. The summed E-state index contributed by atoms with van der Waals surface area (Å²) in [4.78, 5) is 0. The van der Waals surface area contributed by atoms with E-state index >= 15 is 0 Å². The zero-order chi connectivity index (χ0) is 9.64. The zero-order valence-corrected chi connectivity index (χ0v) is 8.50. The predicted molar refractivity (Wildman–Crippen MR) is 52.6 cm³/mol. The van der Waals surface area contributed by atoms with Crippen LogP contribution >= 0.6 is 15.9 Å². The molecule has 0 unspecified atom stereocenters. The second-order valence-electron chi connectivity index (χ2n) is 3.48. The molecule has 1 fully saturated rings. The van der Waals surface area contributed by atoms with E-state index in [1.54, 1.807) is 6.07 Å². The van der Waals surface area contributed by atoms with Crippen molar-refractivity contribution < 1.29 is 10.2 Å². The number of halogens is 1. The quantitative estimate of drug-likeness (QED) is 0.660. The molecule has 0 aromatic heterocycles. The summed E-state index contributed by atoms with van der Waals surface area (Å²) < 4.78 is 0.731. The Hall–Kier alpha value is -0.740. The monoisotopic (exact) mass is 243 g/mol. The highest BCUT2D eigenvalue weighted by molar-refractivity contribution is 9.10. The van der Waals surface area contributed by atoms with Crippen molar-refractivity contribution in [2.75, 3.05) is 0 Å². The number of rotatable bonds is 1. The van der Waals surface area contributed by atoms with Gasteiger partial charge in [-0.1, -0.05) is 15.9 Å². The van der Waals surface area contributed by atoms with Gasteiger partial charge in [0.25, 0.3) is 0 Å². The first-order valence-corrected chi connectivity index (χ1v) is 4.83. The van der Waals surface area contributed by atoms with Gasteiger partial charge >= 0.3 is 0 Å². The van der Waals surface area contributed by atoms with Crippen LogP contribution in [-0.2, 0) is 5.54 Å². The van der Waals surface area contributed by atoms with E-state index in [9.17, 15) is 10.2 Å². The Bertz CT molecular complexity index is 361. The highest BCUT2D eigenvalue weighted by atomic mass is 79.9. The molecule has 4 N–H and O–H groups in total. The molecular formula is C9H10BrNO2. The summed E-state index contributed by atoms with van der Waals surface area (Å²) in [6, 6.07) is 3.20. The van der Waals surface area contributed by atoms with Crippen LogP contribution in [0.2, 0.25) is 0 Å². The first-order chi connectivity index (χ1) is 6.03. The number of hydrogen-bond donors (Lipinski definition) is 3. The minimum absolute atomic E-state index is 0.0943. The van der Waals surface area contributed by atoms with Gasteiger partial charge < -0.3 is 15.9 Å². The molecule has 0 atom stereocenters. The minimum atomic E-state index is -0.425. The molecule has 0 amide bonds. The Morgan fingerprint density at radius 1 is 1.31 bits per heavy atom. The molecule has 13 heavy (non-hydrogen) atoms. The van der Waals surface area contributed by atoms with E-state index < -0.39 is 5.54 Å². The van der Waals surface area contributed by atoms with E-state index in [0.717, 1.165) is 17.3 Å². The van der Waals surface area contributed by atoms with E-state index in [1.807, 2.05) is 0 Å². The first kappa shape index (κ1) is 8.84. The molecule has 0 heterocycles. The third-order valence-electron chi connectivity index (χ3n) is 2.38. The molecule has 70 valence electrons. The number of nitrogens with two attached hydrogens (primary N) is 1. The van der Waals surface area contributed by atoms with Gasteiger partial charge in [0.2, 0.25) is 0 Å². The fourth-order valence-corrected chi connectivity index (χ4v) is 1.81. The Kier molecular flexibility index (Phi) is 1.78. The summed E-state index contributed by atoms with van der Waals surface area (Å²) in [6.07, 6.45) is 1.72. The van der Waals surface area contributed by atoms with Crippen LogP contribution < -0.4 is 5.73 Å². The second kappa shape index (κ2) is 2.62. The van der Waals surface area contributed by atoms with Crippen molar-refractivity contribution in [1.29, 1.82) is 0 Å². The molecule has 0 aliphatic heterocycles. The van der Waals surface area contributed by atoms with Gasteiger partial charge in [-0.2, -0.15) is 0 Å². The number of phenolic OH excluding ortho intramolecular Hbond substituents is 2. The van der Waals surface area contributed by atoms with Crippen molar-refractivity contribution in [1.82, 2.24) is 0 Å². The lowest BCUT2D eigenvalue weighted by molar-refractivity contribution is 0.394. The number of hydrogen-bond acceptors (Lipinski definition) is 3. The highest BCUT2D eigenvalue weighted by Gasteiger charge is 2.42. The maximum Gasteiger partial charge on any atom is 0.162 e. The largest absolute Gasteiger partial charge is 0.504 e. The topological polar surface area (TPSA) is 66.5 Å². The smallest absolute Gasteiger partial charge is 0.162 e. The van der Waals surface area contributed by atoms with Gasteiger partial charge in [-0.3, -0.25) is 0 Å². The Balaban J connectivity index is 2.56. The lowest BCUT2D eigenvalue weighted by Gasteiger charge is -2.12. The van der Waals surface area contributed by atoms with Crippen molar-refractivity contribution in [3.63, 3.8) is 0 Å². The molecular weight excluding hydrogens is 234 g/mol. The van der Waals surface area contributed by atoms with Gasteiger partial charge in [0.15, 0.2) is 11.5 Å². The Morgan fingerprint density at radius 2 is 1.92 bits per heavy atom. The average molecular weight is 244 g/mol. The van der Waals surface area contributed by atoms with Crippen LogP contribution in [0.15, 0.2) is 16.6 Å². The molecule has 1 aliphatic carbocycles. The first-order valence-electron chi connectivity index (χ1n) is 4.04. The van der Waals surface area contributed by atoms with Crippen LogP contribution in [0.5, 0.6) is 11.5 Å². The molecule has 0 radical (unpaired) electrons. The van der Waals surface area contributed by atoms with E-state index in [4.69, 9.17) is 5.73 Å². The normalized spacial score (nSPS) is 18.6. The van der Waals surface area contributed by atoms with Gasteiger partial charge in [-0.05, 0) is 25.0 Å². The van der Waals surface area contributed by atoms with Crippen molar-refractivity contribution in [2.45, 2.75) is 18.4 Å². The van der Waals surface area contributed by atoms with Crippen LogP contribution in [0.3, 0.4) is 0 Å². The number of aromatic hydroxyl groups is 2. The van der Waals surface area contributed by atoms with Gasteiger partial charge in [0, 0.05) is 15.6 Å². The van der Waals surface area contributed by atoms with Crippen LogP contribution in [0.1, 0.15) is 18.4 Å². The molecule has 1 aromatic carbocycles. The molecule has 3 nitrogen and oxygen atoms in total. The Labute approximate surface area is 84.3 Å². The number of benzene rings is 1. The maximum absolute atomic E-state index is 9.55. The van der Waals surface area contributed by atoms with Gasteiger partial charge in [-0.25, -0.2) is 0 Å². The fourth-order valence-electron chi connectivity index (χ4n) is 1.37. The molecule has 1 aromatic rings. The number of phenols is 2.